The van der Waals surface area contributed by atoms with Gasteiger partial charge in [0.25, 0.3) is 0 Å². The zero-order chi connectivity index (χ0) is 15.4. The molecule has 112 valence electrons. The van der Waals surface area contributed by atoms with E-state index in [2.05, 4.69) is 41.1 Å². The Kier molecular flexibility index (Phi) is 4.74. The molecule has 3 aromatic rings. The number of unbranched alkanes of at least 4 members (excludes halogenated alkanes) is 1. The van der Waals surface area contributed by atoms with E-state index in [1.165, 1.54) is 0 Å². The van der Waals surface area contributed by atoms with Crippen LogP contribution in [0.3, 0.4) is 0 Å². The fourth-order valence-electron chi connectivity index (χ4n) is 2.37. The van der Waals surface area contributed by atoms with E-state index in [4.69, 9.17) is 9.41 Å². The smallest absolute Gasteiger partial charge is 0.136 e. The summed E-state index contributed by atoms with van der Waals surface area (Å²) in [6, 6.07) is 18.3. The minimum absolute atomic E-state index is 0.844. The highest BCUT2D eigenvalue weighted by Crippen LogP contribution is 2.23. The Morgan fingerprint density at radius 2 is 1.86 bits per heavy atom. The summed E-state index contributed by atoms with van der Waals surface area (Å²) in [4.78, 5) is 4.77. The minimum Gasteiger partial charge on any atom is -0.456 e. The Morgan fingerprint density at radius 3 is 2.64 bits per heavy atom. The van der Waals surface area contributed by atoms with Crippen LogP contribution >= 0.6 is 15.9 Å². The molecule has 0 bridgehead atoms. The summed E-state index contributed by atoms with van der Waals surface area (Å²) in [6.07, 6.45) is 2.25. The quantitative estimate of drug-likeness (QED) is 0.562. The normalized spacial score (nSPS) is 12.0. The zero-order valence-electron chi connectivity index (χ0n) is 12.6. The van der Waals surface area contributed by atoms with Gasteiger partial charge in [-0.05, 0) is 24.6 Å². The summed E-state index contributed by atoms with van der Waals surface area (Å²) in [6.45, 7) is 3.02. The van der Waals surface area contributed by atoms with Gasteiger partial charge >= 0.3 is 0 Å². The molecule has 2 aromatic carbocycles. The van der Waals surface area contributed by atoms with Crippen molar-refractivity contribution in [2.24, 2.45) is 4.99 Å². The number of hydrogen-bond acceptors (Lipinski definition) is 2. The summed E-state index contributed by atoms with van der Waals surface area (Å²) in [7, 11) is 0. The molecule has 0 saturated carbocycles. The van der Waals surface area contributed by atoms with Crippen molar-refractivity contribution in [2.45, 2.75) is 19.8 Å². The first-order chi connectivity index (χ1) is 10.8. The van der Waals surface area contributed by atoms with Crippen LogP contribution in [0.4, 0.5) is 0 Å². The van der Waals surface area contributed by atoms with Gasteiger partial charge < -0.3 is 4.42 Å². The summed E-state index contributed by atoms with van der Waals surface area (Å²) in [5.74, 6) is 0.852. The van der Waals surface area contributed by atoms with E-state index in [1.807, 2.05) is 36.4 Å². The van der Waals surface area contributed by atoms with E-state index in [0.29, 0.717) is 0 Å². The maximum absolute atomic E-state index is 6.07. The molecule has 0 aliphatic rings. The van der Waals surface area contributed by atoms with Gasteiger partial charge in [0, 0.05) is 28.0 Å². The Morgan fingerprint density at radius 1 is 1.05 bits per heavy atom. The van der Waals surface area contributed by atoms with Crippen LogP contribution in [0.15, 0.2) is 68.5 Å². The maximum Gasteiger partial charge on any atom is 0.136 e. The summed E-state index contributed by atoms with van der Waals surface area (Å²) < 4.78 is 7.11. The largest absolute Gasteiger partial charge is 0.456 e. The molecule has 0 fully saturated rings. The lowest BCUT2D eigenvalue weighted by Gasteiger charge is -2.05. The van der Waals surface area contributed by atoms with E-state index in [9.17, 15) is 0 Å². The first kappa shape index (κ1) is 15.0. The van der Waals surface area contributed by atoms with Crippen LogP contribution in [-0.2, 0) is 0 Å². The van der Waals surface area contributed by atoms with Crippen LogP contribution in [0.25, 0.3) is 22.3 Å². The molecule has 0 radical (unpaired) electrons. The Bertz CT molecular complexity index is 837. The van der Waals surface area contributed by atoms with E-state index in [-0.39, 0.29) is 0 Å². The predicted molar refractivity (Wildman–Crippen MR) is 94.7 cm³/mol. The first-order valence-electron chi connectivity index (χ1n) is 7.57. The zero-order valence-corrected chi connectivity index (χ0v) is 14.1. The van der Waals surface area contributed by atoms with Crippen molar-refractivity contribution < 1.29 is 4.42 Å². The maximum atomic E-state index is 6.07. The van der Waals surface area contributed by atoms with E-state index < -0.39 is 0 Å². The van der Waals surface area contributed by atoms with Gasteiger partial charge in [0.1, 0.15) is 11.3 Å². The molecular formula is C19H18BrNO. The fraction of sp³-hybridized carbons (Fsp3) is 0.211. The second-order valence-electron chi connectivity index (χ2n) is 5.24. The fourth-order valence-corrected chi connectivity index (χ4v) is 2.74. The van der Waals surface area contributed by atoms with E-state index in [1.54, 1.807) is 0 Å². The van der Waals surface area contributed by atoms with Gasteiger partial charge in [0.15, 0.2) is 0 Å². The number of halogens is 1. The van der Waals surface area contributed by atoms with Crippen LogP contribution in [0, 0.1) is 0 Å². The van der Waals surface area contributed by atoms with E-state index >= 15 is 0 Å². The molecule has 3 rings (SSSR count). The van der Waals surface area contributed by atoms with Gasteiger partial charge in [-0.15, -0.1) is 0 Å². The molecule has 2 nitrogen and oxygen atoms in total. The van der Waals surface area contributed by atoms with Crippen LogP contribution < -0.4 is 5.36 Å². The van der Waals surface area contributed by atoms with Crippen LogP contribution in [0.2, 0.25) is 0 Å². The van der Waals surface area contributed by atoms with Gasteiger partial charge in [0.05, 0.1) is 5.36 Å². The summed E-state index contributed by atoms with van der Waals surface area (Å²) in [5.41, 5.74) is 1.93. The van der Waals surface area contributed by atoms with Gasteiger partial charge in [-0.25, -0.2) is 0 Å². The molecule has 0 amide bonds. The average molecular weight is 356 g/mol. The summed E-state index contributed by atoms with van der Waals surface area (Å²) in [5, 5.41) is 2.04. The van der Waals surface area contributed by atoms with Crippen molar-refractivity contribution in [3.63, 3.8) is 0 Å². The van der Waals surface area contributed by atoms with Gasteiger partial charge in [-0.3, -0.25) is 4.99 Å². The van der Waals surface area contributed by atoms with Crippen LogP contribution in [0.1, 0.15) is 19.8 Å². The average Bonchev–Trinajstić information content (AvgIpc) is 2.56. The van der Waals surface area contributed by atoms with Crippen molar-refractivity contribution in [1.29, 1.82) is 0 Å². The highest BCUT2D eigenvalue weighted by atomic mass is 79.9. The van der Waals surface area contributed by atoms with Crippen molar-refractivity contribution in [2.75, 3.05) is 6.54 Å². The second kappa shape index (κ2) is 6.93. The lowest BCUT2D eigenvalue weighted by molar-refractivity contribution is 0.617. The van der Waals surface area contributed by atoms with Crippen molar-refractivity contribution in [3.05, 3.63) is 64.4 Å². The standard InChI is InChI=1S/C19H18BrNO/c1-2-3-11-21-17-13-19(14-7-5-4-6-8-14)22-18-10-9-15(20)12-16(17)18/h4-10,12-13H,2-3,11H2,1H3. The molecular weight excluding hydrogens is 338 g/mol. The number of nitrogens with zero attached hydrogens (tertiary/aromatic N) is 1. The predicted octanol–water partition coefficient (Wildman–Crippen LogP) is 5.56. The third-order valence-corrected chi connectivity index (χ3v) is 4.05. The van der Waals surface area contributed by atoms with Crippen molar-refractivity contribution >= 4 is 26.9 Å². The minimum atomic E-state index is 0.844. The number of rotatable bonds is 4. The van der Waals surface area contributed by atoms with E-state index in [0.717, 1.165) is 51.5 Å². The van der Waals surface area contributed by atoms with Crippen molar-refractivity contribution in [1.82, 2.24) is 0 Å². The van der Waals surface area contributed by atoms with Gasteiger partial charge in [-0.1, -0.05) is 59.6 Å². The number of fused-ring (bicyclic) bond motifs is 1. The Hall–Kier alpha value is -1.87. The van der Waals surface area contributed by atoms with Crippen LogP contribution in [-0.4, -0.2) is 6.54 Å². The SMILES string of the molecule is CCCCN=c1cc(-c2ccccc2)oc2ccc(Br)cc12. The van der Waals surface area contributed by atoms with Gasteiger partial charge in [-0.2, -0.15) is 0 Å². The highest BCUT2D eigenvalue weighted by Gasteiger charge is 2.06. The molecule has 0 atom stereocenters. The molecule has 0 aliphatic heterocycles. The topological polar surface area (TPSA) is 25.5 Å². The molecule has 0 unspecified atom stereocenters. The lowest BCUT2D eigenvalue weighted by atomic mass is 10.1. The highest BCUT2D eigenvalue weighted by molar-refractivity contribution is 9.10. The lowest BCUT2D eigenvalue weighted by Crippen LogP contribution is -2.05. The number of benzene rings is 2. The van der Waals surface area contributed by atoms with Gasteiger partial charge in [0.2, 0.25) is 0 Å². The molecule has 0 aliphatic carbocycles. The van der Waals surface area contributed by atoms with Crippen LogP contribution in [0.5, 0.6) is 0 Å². The Balaban J connectivity index is 2.20. The molecule has 1 aromatic heterocycles. The third-order valence-electron chi connectivity index (χ3n) is 3.56. The molecule has 0 N–H and O–H groups in total. The third kappa shape index (κ3) is 3.30. The summed E-state index contributed by atoms with van der Waals surface area (Å²) >= 11 is 3.53. The first-order valence-corrected chi connectivity index (χ1v) is 8.36. The molecule has 0 saturated heterocycles. The van der Waals surface area contributed by atoms with Crippen molar-refractivity contribution in [3.8, 4) is 11.3 Å². The molecule has 22 heavy (non-hydrogen) atoms. The molecule has 1 heterocycles. The monoisotopic (exact) mass is 355 g/mol. The Labute approximate surface area is 138 Å². The second-order valence-corrected chi connectivity index (χ2v) is 6.15. The number of hydrogen-bond donors (Lipinski definition) is 0. The molecule has 0 spiro atoms. The molecule has 3 heteroatoms.